The SMILES string of the molecule is Cc1ccc2oc(-c3cccc(N)c3)cc(=O)c2c1. The molecule has 0 aliphatic heterocycles. The van der Waals surface area contributed by atoms with Crippen LogP contribution in [-0.2, 0) is 0 Å². The van der Waals surface area contributed by atoms with Gasteiger partial charge >= 0.3 is 0 Å². The van der Waals surface area contributed by atoms with Gasteiger partial charge < -0.3 is 10.2 Å². The molecule has 0 unspecified atom stereocenters. The Morgan fingerprint density at radius 3 is 2.68 bits per heavy atom. The number of hydrogen-bond acceptors (Lipinski definition) is 3. The first-order chi connectivity index (χ1) is 9.13. The molecular weight excluding hydrogens is 238 g/mol. The first-order valence-electron chi connectivity index (χ1n) is 6.04. The molecule has 1 heterocycles. The summed E-state index contributed by atoms with van der Waals surface area (Å²) in [7, 11) is 0. The van der Waals surface area contributed by atoms with Crippen molar-refractivity contribution in [3.8, 4) is 11.3 Å². The molecule has 0 spiro atoms. The molecule has 3 nitrogen and oxygen atoms in total. The molecule has 1 aromatic heterocycles. The highest BCUT2D eigenvalue weighted by molar-refractivity contribution is 5.79. The number of nitrogen functional groups attached to an aromatic ring is 1. The van der Waals surface area contributed by atoms with Crippen LogP contribution in [0.25, 0.3) is 22.3 Å². The fourth-order valence-electron chi connectivity index (χ4n) is 2.10. The van der Waals surface area contributed by atoms with E-state index in [-0.39, 0.29) is 5.43 Å². The Bertz CT molecular complexity index is 818. The molecule has 3 aromatic rings. The second-order valence-corrected chi connectivity index (χ2v) is 4.60. The van der Waals surface area contributed by atoms with Crippen LogP contribution < -0.4 is 11.2 Å². The summed E-state index contributed by atoms with van der Waals surface area (Å²) in [4.78, 5) is 12.1. The van der Waals surface area contributed by atoms with Gasteiger partial charge in [-0.05, 0) is 31.2 Å². The third-order valence-corrected chi connectivity index (χ3v) is 3.05. The lowest BCUT2D eigenvalue weighted by Gasteiger charge is -2.04. The van der Waals surface area contributed by atoms with E-state index in [0.29, 0.717) is 22.4 Å². The molecular formula is C16H13NO2. The number of anilines is 1. The van der Waals surface area contributed by atoms with Crippen molar-refractivity contribution in [2.45, 2.75) is 6.92 Å². The van der Waals surface area contributed by atoms with E-state index in [0.717, 1.165) is 11.1 Å². The second kappa shape index (κ2) is 4.28. The molecule has 2 aromatic carbocycles. The number of benzene rings is 2. The van der Waals surface area contributed by atoms with E-state index in [1.165, 1.54) is 6.07 Å². The van der Waals surface area contributed by atoms with Gasteiger partial charge in [0.25, 0.3) is 0 Å². The fourth-order valence-corrected chi connectivity index (χ4v) is 2.10. The van der Waals surface area contributed by atoms with E-state index in [2.05, 4.69) is 0 Å². The van der Waals surface area contributed by atoms with Gasteiger partial charge in [0.1, 0.15) is 11.3 Å². The maximum Gasteiger partial charge on any atom is 0.193 e. The van der Waals surface area contributed by atoms with Gasteiger partial charge in [-0.2, -0.15) is 0 Å². The van der Waals surface area contributed by atoms with E-state index in [9.17, 15) is 4.79 Å². The van der Waals surface area contributed by atoms with Crippen molar-refractivity contribution < 1.29 is 4.42 Å². The number of aryl methyl sites for hydroxylation is 1. The number of fused-ring (bicyclic) bond motifs is 1. The molecule has 3 rings (SSSR count). The number of rotatable bonds is 1. The van der Waals surface area contributed by atoms with Crippen LogP contribution in [0.15, 0.2) is 57.7 Å². The zero-order chi connectivity index (χ0) is 13.4. The lowest BCUT2D eigenvalue weighted by atomic mass is 10.1. The summed E-state index contributed by atoms with van der Waals surface area (Å²) < 4.78 is 5.78. The molecule has 0 radical (unpaired) electrons. The first kappa shape index (κ1) is 11.5. The minimum atomic E-state index is -0.0395. The zero-order valence-electron chi connectivity index (χ0n) is 10.5. The normalized spacial score (nSPS) is 10.8. The molecule has 3 heteroatoms. The smallest absolute Gasteiger partial charge is 0.193 e. The molecule has 0 bridgehead atoms. The van der Waals surface area contributed by atoms with Gasteiger partial charge in [-0.1, -0.05) is 23.8 Å². The average molecular weight is 251 g/mol. The van der Waals surface area contributed by atoms with E-state index >= 15 is 0 Å². The standard InChI is InChI=1S/C16H13NO2/c1-10-5-6-15-13(7-10)14(18)9-16(19-15)11-3-2-4-12(17)8-11/h2-9H,17H2,1H3. The van der Waals surface area contributed by atoms with Crippen molar-refractivity contribution in [2.75, 3.05) is 5.73 Å². The molecule has 19 heavy (non-hydrogen) atoms. The van der Waals surface area contributed by atoms with Gasteiger partial charge in [0.15, 0.2) is 5.43 Å². The van der Waals surface area contributed by atoms with Gasteiger partial charge in [0.2, 0.25) is 0 Å². The number of hydrogen-bond donors (Lipinski definition) is 1. The quantitative estimate of drug-likeness (QED) is 0.675. The Labute approximate surface area is 110 Å². The van der Waals surface area contributed by atoms with Crippen molar-refractivity contribution in [2.24, 2.45) is 0 Å². The van der Waals surface area contributed by atoms with Crippen LogP contribution in [0.5, 0.6) is 0 Å². The zero-order valence-corrected chi connectivity index (χ0v) is 10.5. The molecule has 0 saturated heterocycles. The molecule has 0 aliphatic carbocycles. The lowest BCUT2D eigenvalue weighted by Crippen LogP contribution is -2.00. The van der Waals surface area contributed by atoms with Crippen LogP contribution in [-0.4, -0.2) is 0 Å². The highest BCUT2D eigenvalue weighted by Crippen LogP contribution is 2.23. The summed E-state index contributed by atoms with van der Waals surface area (Å²) in [5, 5.41) is 0.604. The van der Waals surface area contributed by atoms with Crippen LogP contribution >= 0.6 is 0 Å². The second-order valence-electron chi connectivity index (χ2n) is 4.60. The average Bonchev–Trinajstić information content (AvgIpc) is 2.39. The Hall–Kier alpha value is -2.55. The molecule has 0 atom stereocenters. The Morgan fingerprint density at radius 2 is 1.89 bits per heavy atom. The van der Waals surface area contributed by atoms with Crippen molar-refractivity contribution >= 4 is 16.7 Å². The topological polar surface area (TPSA) is 56.2 Å². The van der Waals surface area contributed by atoms with Crippen molar-refractivity contribution in [1.29, 1.82) is 0 Å². The largest absolute Gasteiger partial charge is 0.456 e. The van der Waals surface area contributed by atoms with Crippen LogP contribution in [0, 0.1) is 6.92 Å². The Balaban J connectivity index is 2.27. The third-order valence-electron chi connectivity index (χ3n) is 3.05. The summed E-state index contributed by atoms with van der Waals surface area (Å²) in [5.41, 5.74) is 8.79. The predicted molar refractivity (Wildman–Crippen MR) is 77.1 cm³/mol. The molecule has 2 N–H and O–H groups in total. The Morgan fingerprint density at radius 1 is 1.05 bits per heavy atom. The van der Waals surface area contributed by atoms with Crippen LogP contribution in [0.1, 0.15) is 5.56 Å². The van der Waals surface area contributed by atoms with Gasteiger partial charge in [-0.15, -0.1) is 0 Å². The fraction of sp³-hybridized carbons (Fsp3) is 0.0625. The van der Waals surface area contributed by atoms with Gasteiger partial charge in [-0.25, -0.2) is 0 Å². The van der Waals surface area contributed by atoms with E-state index in [1.807, 2.05) is 37.3 Å². The highest BCUT2D eigenvalue weighted by Gasteiger charge is 2.07. The monoisotopic (exact) mass is 251 g/mol. The maximum absolute atomic E-state index is 12.1. The van der Waals surface area contributed by atoms with Crippen LogP contribution in [0.2, 0.25) is 0 Å². The summed E-state index contributed by atoms with van der Waals surface area (Å²) >= 11 is 0. The van der Waals surface area contributed by atoms with E-state index < -0.39 is 0 Å². The first-order valence-corrected chi connectivity index (χ1v) is 6.04. The van der Waals surface area contributed by atoms with Crippen molar-refractivity contribution in [3.05, 3.63) is 64.3 Å². The minimum absolute atomic E-state index is 0.0395. The van der Waals surface area contributed by atoms with Crippen LogP contribution in [0.3, 0.4) is 0 Å². The summed E-state index contributed by atoms with van der Waals surface area (Å²) in [5.74, 6) is 0.536. The lowest BCUT2D eigenvalue weighted by molar-refractivity contribution is 0.619. The summed E-state index contributed by atoms with van der Waals surface area (Å²) in [6.07, 6.45) is 0. The number of nitrogens with two attached hydrogens (primary N) is 1. The molecule has 0 aliphatic rings. The highest BCUT2D eigenvalue weighted by atomic mass is 16.3. The summed E-state index contributed by atoms with van der Waals surface area (Å²) in [6, 6.07) is 14.4. The predicted octanol–water partition coefficient (Wildman–Crippen LogP) is 3.35. The van der Waals surface area contributed by atoms with Gasteiger partial charge in [0, 0.05) is 17.3 Å². The van der Waals surface area contributed by atoms with Crippen molar-refractivity contribution in [1.82, 2.24) is 0 Å². The summed E-state index contributed by atoms with van der Waals surface area (Å²) in [6.45, 7) is 1.95. The molecule has 0 saturated carbocycles. The van der Waals surface area contributed by atoms with E-state index in [4.69, 9.17) is 10.2 Å². The van der Waals surface area contributed by atoms with Gasteiger partial charge in [0.05, 0.1) is 5.39 Å². The van der Waals surface area contributed by atoms with Crippen molar-refractivity contribution in [3.63, 3.8) is 0 Å². The molecule has 94 valence electrons. The maximum atomic E-state index is 12.1. The third kappa shape index (κ3) is 2.10. The minimum Gasteiger partial charge on any atom is -0.456 e. The Kier molecular flexibility index (Phi) is 2.60. The van der Waals surface area contributed by atoms with Crippen LogP contribution in [0.4, 0.5) is 5.69 Å². The molecule has 0 fully saturated rings. The molecule has 0 amide bonds. The van der Waals surface area contributed by atoms with Gasteiger partial charge in [-0.3, -0.25) is 4.79 Å². The van der Waals surface area contributed by atoms with E-state index in [1.54, 1.807) is 12.1 Å².